The van der Waals surface area contributed by atoms with Gasteiger partial charge in [-0.05, 0) is 30.5 Å². The third-order valence-corrected chi connectivity index (χ3v) is 5.01. The molecule has 1 aliphatic heterocycles. The smallest absolute Gasteiger partial charge is 0.353 e. The van der Waals surface area contributed by atoms with Gasteiger partial charge in [0.1, 0.15) is 11.9 Å². The van der Waals surface area contributed by atoms with Crippen molar-refractivity contribution >= 4 is 5.91 Å². The zero-order valence-electron chi connectivity index (χ0n) is 13.7. The summed E-state index contributed by atoms with van der Waals surface area (Å²) in [6.45, 7) is 1.12. The maximum Gasteiger partial charge on any atom is 0.405 e. The number of halogens is 4. The molecule has 1 saturated carbocycles. The predicted octanol–water partition coefficient (Wildman–Crippen LogP) is 1.81. The lowest BCUT2D eigenvalue weighted by atomic mass is 9.95. The molecule has 25 heavy (non-hydrogen) atoms. The molecule has 1 atom stereocenters. The molecule has 1 aromatic rings. The maximum absolute atomic E-state index is 13.4. The van der Waals surface area contributed by atoms with E-state index in [1.54, 1.807) is 0 Å². The fourth-order valence-electron chi connectivity index (χ4n) is 3.34. The lowest BCUT2D eigenvalue weighted by Crippen LogP contribution is -2.58. The molecule has 2 fully saturated rings. The number of alkyl halides is 3. The molecular formula is C17H21F4N3O. The average molecular weight is 359 g/mol. The van der Waals surface area contributed by atoms with Gasteiger partial charge >= 0.3 is 6.18 Å². The molecule has 1 saturated heterocycles. The second-order valence-corrected chi connectivity index (χ2v) is 6.64. The molecule has 2 aliphatic rings. The first-order valence-corrected chi connectivity index (χ1v) is 8.39. The summed E-state index contributed by atoms with van der Waals surface area (Å²) in [6.07, 6.45) is -3.28. The normalized spacial score (nSPS) is 21.6. The third kappa shape index (κ3) is 3.95. The number of rotatable bonds is 5. The van der Waals surface area contributed by atoms with Gasteiger partial charge in [-0.1, -0.05) is 12.1 Å². The van der Waals surface area contributed by atoms with Gasteiger partial charge in [0.15, 0.2) is 0 Å². The van der Waals surface area contributed by atoms with Gasteiger partial charge in [0.2, 0.25) is 5.91 Å². The zero-order chi connectivity index (χ0) is 18.1. The van der Waals surface area contributed by atoms with Crippen LogP contribution in [0.2, 0.25) is 0 Å². The zero-order valence-corrected chi connectivity index (χ0v) is 13.7. The van der Waals surface area contributed by atoms with Crippen molar-refractivity contribution in [1.29, 1.82) is 0 Å². The quantitative estimate of drug-likeness (QED) is 0.789. The average Bonchev–Trinajstić information content (AvgIpc) is 3.37. The summed E-state index contributed by atoms with van der Waals surface area (Å²) in [7, 11) is 0. The van der Waals surface area contributed by atoms with E-state index >= 15 is 0 Å². The number of amides is 1. The first kappa shape index (κ1) is 18.1. The lowest BCUT2D eigenvalue weighted by Gasteiger charge is -2.36. The van der Waals surface area contributed by atoms with Crippen LogP contribution in [0.15, 0.2) is 24.3 Å². The van der Waals surface area contributed by atoms with Gasteiger partial charge in [0, 0.05) is 32.7 Å². The van der Waals surface area contributed by atoms with Crippen molar-refractivity contribution in [1.82, 2.24) is 15.5 Å². The van der Waals surface area contributed by atoms with Gasteiger partial charge in [-0.15, -0.1) is 0 Å². The van der Waals surface area contributed by atoms with Gasteiger partial charge in [-0.3, -0.25) is 9.69 Å². The molecule has 0 bridgehead atoms. The second-order valence-electron chi connectivity index (χ2n) is 6.64. The summed E-state index contributed by atoms with van der Waals surface area (Å²) in [4.78, 5) is 13.9. The minimum atomic E-state index is -4.41. The SMILES string of the molecule is O=C(NCC(N1CCNCC1)C(F)(F)F)C1(c2ccc(F)cc2)CC1. The molecule has 0 aromatic heterocycles. The van der Waals surface area contributed by atoms with Crippen molar-refractivity contribution in [2.24, 2.45) is 0 Å². The van der Waals surface area contributed by atoms with Crippen molar-refractivity contribution < 1.29 is 22.4 Å². The third-order valence-electron chi connectivity index (χ3n) is 5.01. The highest BCUT2D eigenvalue weighted by Gasteiger charge is 2.52. The van der Waals surface area contributed by atoms with Crippen molar-refractivity contribution in [2.75, 3.05) is 32.7 Å². The number of hydrogen-bond donors (Lipinski definition) is 2. The first-order valence-electron chi connectivity index (χ1n) is 8.39. The van der Waals surface area contributed by atoms with Crippen LogP contribution in [0.1, 0.15) is 18.4 Å². The van der Waals surface area contributed by atoms with E-state index in [1.807, 2.05) is 0 Å². The molecule has 1 aromatic carbocycles. The molecule has 138 valence electrons. The molecule has 2 N–H and O–H groups in total. The summed E-state index contributed by atoms with van der Waals surface area (Å²) < 4.78 is 53.2. The Morgan fingerprint density at radius 2 is 1.80 bits per heavy atom. The highest BCUT2D eigenvalue weighted by atomic mass is 19.4. The highest BCUT2D eigenvalue weighted by molar-refractivity contribution is 5.91. The Morgan fingerprint density at radius 1 is 1.20 bits per heavy atom. The van der Waals surface area contributed by atoms with Crippen molar-refractivity contribution in [2.45, 2.75) is 30.5 Å². The summed E-state index contributed by atoms with van der Waals surface area (Å²) in [5.74, 6) is -0.820. The van der Waals surface area contributed by atoms with Crippen molar-refractivity contribution in [3.63, 3.8) is 0 Å². The van der Waals surface area contributed by atoms with Crippen LogP contribution in [0, 0.1) is 5.82 Å². The summed E-state index contributed by atoms with van der Waals surface area (Å²) in [6, 6.07) is 3.89. The van der Waals surface area contributed by atoms with Gasteiger partial charge in [0.25, 0.3) is 0 Å². The number of nitrogens with zero attached hydrogens (tertiary/aromatic N) is 1. The second kappa shape index (κ2) is 6.92. The van der Waals surface area contributed by atoms with Crippen LogP contribution in [0.3, 0.4) is 0 Å². The Kier molecular flexibility index (Phi) is 5.02. The van der Waals surface area contributed by atoms with E-state index < -0.39 is 35.9 Å². The van der Waals surface area contributed by atoms with Crippen LogP contribution in [0.25, 0.3) is 0 Å². The van der Waals surface area contributed by atoms with E-state index in [0.29, 0.717) is 44.6 Å². The van der Waals surface area contributed by atoms with Crippen molar-refractivity contribution in [3.8, 4) is 0 Å². The number of piperazine rings is 1. The molecule has 0 radical (unpaired) electrons. The summed E-state index contributed by atoms with van der Waals surface area (Å²) >= 11 is 0. The Labute approximate surface area is 143 Å². The molecule has 1 amide bonds. The molecule has 0 spiro atoms. The van der Waals surface area contributed by atoms with Crippen LogP contribution in [-0.4, -0.2) is 55.7 Å². The van der Waals surface area contributed by atoms with E-state index in [-0.39, 0.29) is 0 Å². The number of benzene rings is 1. The molecule has 4 nitrogen and oxygen atoms in total. The monoisotopic (exact) mass is 359 g/mol. The van der Waals surface area contributed by atoms with Gasteiger partial charge in [-0.25, -0.2) is 4.39 Å². The highest BCUT2D eigenvalue weighted by Crippen LogP contribution is 2.48. The van der Waals surface area contributed by atoms with Gasteiger partial charge < -0.3 is 10.6 Å². The predicted molar refractivity (Wildman–Crippen MR) is 84.6 cm³/mol. The first-order chi connectivity index (χ1) is 11.8. The largest absolute Gasteiger partial charge is 0.405 e. The van der Waals surface area contributed by atoms with E-state index in [2.05, 4.69) is 10.6 Å². The van der Waals surface area contributed by atoms with Crippen molar-refractivity contribution in [3.05, 3.63) is 35.6 Å². The number of nitrogens with one attached hydrogen (secondary N) is 2. The molecule has 1 unspecified atom stereocenters. The molecule has 3 rings (SSSR count). The minimum absolute atomic E-state index is 0.295. The Balaban J connectivity index is 1.66. The number of carbonyl (C=O) groups excluding carboxylic acids is 1. The van der Waals surface area contributed by atoms with E-state index in [9.17, 15) is 22.4 Å². The molecule has 1 heterocycles. The van der Waals surface area contributed by atoms with Gasteiger partial charge in [0.05, 0.1) is 5.41 Å². The Bertz CT molecular complexity index is 607. The van der Waals surface area contributed by atoms with Crippen LogP contribution in [0.5, 0.6) is 0 Å². The fourth-order valence-corrected chi connectivity index (χ4v) is 3.34. The Hall–Kier alpha value is -1.67. The van der Waals surface area contributed by atoms with Gasteiger partial charge in [-0.2, -0.15) is 13.2 Å². The van der Waals surface area contributed by atoms with Crippen LogP contribution >= 0.6 is 0 Å². The summed E-state index contributed by atoms with van der Waals surface area (Å²) in [5, 5.41) is 5.51. The van der Waals surface area contributed by atoms with E-state index in [1.165, 1.54) is 29.2 Å². The van der Waals surface area contributed by atoms with Crippen LogP contribution < -0.4 is 10.6 Å². The lowest BCUT2D eigenvalue weighted by molar-refractivity contribution is -0.184. The van der Waals surface area contributed by atoms with E-state index in [0.717, 1.165) is 0 Å². The topological polar surface area (TPSA) is 44.4 Å². The van der Waals surface area contributed by atoms with E-state index in [4.69, 9.17) is 0 Å². The molecular weight excluding hydrogens is 338 g/mol. The number of carbonyl (C=O) groups is 1. The van der Waals surface area contributed by atoms with Crippen LogP contribution in [0.4, 0.5) is 17.6 Å². The summed E-state index contributed by atoms with van der Waals surface area (Å²) in [5.41, 5.74) is -0.162. The standard InChI is InChI=1S/C17H21F4N3O/c18-13-3-1-12(2-4-13)16(5-6-16)15(25)23-11-14(17(19,20)21)24-9-7-22-8-10-24/h1-4,14,22H,5-11H2,(H,23,25). The molecule has 8 heteroatoms. The fraction of sp³-hybridized carbons (Fsp3) is 0.588. The Morgan fingerprint density at radius 3 is 2.32 bits per heavy atom. The molecule has 1 aliphatic carbocycles. The maximum atomic E-state index is 13.4. The minimum Gasteiger partial charge on any atom is -0.353 e. The van der Waals surface area contributed by atoms with Crippen LogP contribution in [-0.2, 0) is 10.2 Å². The number of hydrogen-bond acceptors (Lipinski definition) is 3.